The van der Waals surface area contributed by atoms with Crippen LogP contribution in [0, 0.1) is 0 Å². The third kappa shape index (κ3) is 0.409. The number of fused-ring (bicyclic) bond motifs is 2. The molecule has 1 unspecified atom stereocenters. The van der Waals surface area contributed by atoms with E-state index in [-0.39, 0.29) is 5.60 Å². The Hall–Kier alpha value is -0.760. The van der Waals surface area contributed by atoms with Crippen molar-refractivity contribution in [1.82, 2.24) is 4.57 Å². The van der Waals surface area contributed by atoms with Gasteiger partial charge < -0.3 is 9.30 Å². The second kappa shape index (κ2) is 1.30. The van der Waals surface area contributed by atoms with E-state index in [4.69, 9.17) is 4.74 Å². The third-order valence-corrected chi connectivity index (χ3v) is 2.55. The molecule has 10 heavy (non-hydrogen) atoms. The summed E-state index contributed by atoms with van der Waals surface area (Å²) in [4.78, 5) is 0. The molecule has 1 saturated heterocycles. The van der Waals surface area contributed by atoms with E-state index in [2.05, 4.69) is 22.9 Å². The number of epoxide rings is 1. The van der Waals surface area contributed by atoms with Crippen LogP contribution in [0.1, 0.15) is 12.1 Å². The van der Waals surface area contributed by atoms with Gasteiger partial charge in [-0.1, -0.05) is 0 Å². The standard InChI is InChI=1S/C8H9NO/c1-2-7-8(6-10-8)3-5-9(7)4-1/h1-2,4H,3,5-6H2. The van der Waals surface area contributed by atoms with E-state index in [0.29, 0.717) is 0 Å². The molecule has 0 bridgehead atoms. The van der Waals surface area contributed by atoms with Crippen molar-refractivity contribution in [2.75, 3.05) is 6.61 Å². The molecule has 0 saturated carbocycles. The zero-order chi connectivity index (χ0) is 6.60. The lowest BCUT2D eigenvalue weighted by molar-refractivity contribution is 0.308. The van der Waals surface area contributed by atoms with Crippen molar-refractivity contribution >= 4 is 0 Å². The van der Waals surface area contributed by atoms with E-state index in [0.717, 1.165) is 13.2 Å². The lowest BCUT2D eigenvalue weighted by Crippen LogP contribution is -2.01. The topological polar surface area (TPSA) is 17.5 Å². The predicted octanol–water partition coefficient (Wildman–Crippen LogP) is 1.12. The van der Waals surface area contributed by atoms with Gasteiger partial charge in [-0.25, -0.2) is 0 Å². The summed E-state index contributed by atoms with van der Waals surface area (Å²) in [6.07, 6.45) is 3.31. The number of rotatable bonds is 0. The first-order valence-electron chi connectivity index (χ1n) is 3.70. The van der Waals surface area contributed by atoms with Gasteiger partial charge in [0.05, 0.1) is 12.3 Å². The molecule has 2 nitrogen and oxygen atoms in total. The van der Waals surface area contributed by atoms with Gasteiger partial charge in [-0.3, -0.25) is 0 Å². The normalized spacial score (nSPS) is 34.8. The Kier molecular flexibility index (Phi) is 0.645. The largest absolute Gasteiger partial charge is 0.363 e. The van der Waals surface area contributed by atoms with E-state index >= 15 is 0 Å². The number of hydrogen-bond donors (Lipinski definition) is 0. The number of hydrogen-bond acceptors (Lipinski definition) is 1. The molecule has 3 rings (SSSR count). The molecular formula is C8H9NO. The average molecular weight is 135 g/mol. The van der Waals surface area contributed by atoms with Crippen molar-refractivity contribution in [2.45, 2.75) is 18.6 Å². The van der Waals surface area contributed by atoms with Crippen LogP contribution in [0.5, 0.6) is 0 Å². The fourth-order valence-electron chi connectivity index (χ4n) is 1.83. The second-order valence-electron chi connectivity index (χ2n) is 3.12. The van der Waals surface area contributed by atoms with Gasteiger partial charge in [0.1, 0.15) is 5.60 Å². The van der Waals surface area contributed by atoms with Crippen molar-refractivity contribution in [3.05, 3.63) is 24.0 Å². The summed E-state index contributed by atoms with van der Waals surface area (Å²) in [6.45, 7) is 2.08. The van der Waals surface area contributed by atoms with E-state index in [1.807, 2.05) is 0 Å². The maximum Gasteiger partial charge on any atom is 0.133 e. The van der Waals surface area contributed by atoms with Crippen molar-refractivity contribution in [3.8, 4) is 0 Å². The molecule has 0 aliphatic carbocycles. The lowest BCUT2D eigenvalue weighted by Gasteiger charge is -1.97. The van der Waals surface area contributed by atoms with E-state index in [9.17, 15) is 0 Å². The zero-order valence-corrected chi connectivity index (χ0v) is 5.71. The molecule has 1 spiro atoms. The summed E-state index contributed by atoms with van der Waals surface area (Å²) >= 11 is 0. The quantitative estimate of drug-likeness (QED) is 0.487. The first-order valence-corrected chi connectivity index (χ1v) is 3.70. The Morgan fingerprint density at radius 2 is 2.50 bits per heavy atom. The van der Waals surface area contributed by atoms with Crippen LogP contribution < -0.4 is 0 Å². The summed E-state index contributed by atoms with van der Waals surface area (Å²) in [6, 6.07) is 4.26. The molecule has 0 radical (unpaired) electrons. The molecule has 1 fully saturated rings. The third-order valence-electron chi connectivity index (χ3n) is 2.55. The van der Waals surface area contributed by atoms with Crippen LogP contribution in [0.4, 0.5) is 0 Å². The molecule has 2 aliphatic heterocycles. The Morgan fingerprint density at radius 3 is 3.30 bits per heavy atom. The molecule has 1 atom stereocenters. The highest BCUT2D eigenvalue weighted by Gasteiger charge is 2.51. The van der Waals surface area contributed by atoms with Crippen LogP contribution in [0.15, 0.2) is 18.3 Å². The van der Waals surface area contributed by atoms with Crippen molar-refractivity contribution in [1.29, 1.82) is 0 Å². The average Bonchev–Trinajstić information content (AvgIpc) is 2.40. The van der Waals surface area contributed by atoms with Crippen LogP contribution in [-0.4, -0.2) is 11.2 Å². The van der Waals surface area contributed by atoms with Gasteiger partial charge in [0.2, 0.25) is 0 Å². The highest BCUT2D eigenvalue weighted by Crippen LogP contribution is 2.46. The van der Waals surface area contributed by atoms with Crippen LogP contribution >= 0.6 is 0 Å². The minimum Gasteiger partial charge on any atom is -0.363 e. The molecule has 2 heteroatoms. The Bertz CT molecular complexity index is 273. The molecule has 1 aromatic heterocycles. The summed E-state index contributed by atoms with van der Waals surface area (Å²) in [7, 11) is 0. The summed E-state index contributed by atoms with van der Waals surface area (Å²) < 4.78 is 7.71. The maximum atomic E-state index is 5.42. The Morgan fingerprint density at radius 1 is 1.60 bits per heavy atom. The van der Waals surface area contributed by atoms with Crippen LogP contribution in [0.2, 0.25) is 0 Å². The Labute approximate surface area is 59.4 Å². The highest BCUT2D eigenvalue weighted by atomic mass is 16.6. The van der Waals surface area contributed by atoms with E-state index in [1.54, 1.807) is 0 Å². The fourth-order valence-corrected chi connectivity index (χ4v) is 1.83. The van der Waals surface area contributed by atoms with Crippen LogP contribution in [-0.2, 0) is 16.9 Å². The molecule has 0 N–H and O–H groups in total. The number of aryl methyl sites for hydroxylation is 1. The van der Waals surface area contributed by atoms with Gasteiger partial charge in [0.15, 0.2) is 0 Å². The SMILES string of the molecule is c1cc2n(c1)CCC21CO1. The van der Waals surface area contributed by atoms with Crippen molar-refractivity contribution in [2.24, 2.45) is 0 Å². The van der Waals surface area contributed by atoms with Crippen LogP contribution in [0.25, 0.3) is 0 Å². The van der Waals surface area contributed by atoms with Crippen molar-refractivity contribution < 1.29 is 4.74 Å². The summed E-state index contributed by atoms with van der Waals surface area (Å²) in [5, 5.41) is 0. The van der Waals surface area contributed by atoms with Gasteiger partial charge >= 0.3 is 0 Å². The zero-order valence-electron chi connectivity index (χ0n) is 5.71. The van der Waals surface area contributed by atoms with Gasteiger partial charge in [-0.05, 0) is 12.1 Å². The van der Waals surface area contributed by atoms with Gasteiger partial charge in [0.25, 0.3) is 0 Å². The first kappa shape index (κ1) is 4.97. The monoisotopic (exact) mass is 135 g/mol. The molecule has 3 heterocycles. The predicted molar refractivity (Wildman–Crippen MR) is 36.7 cm³/mol. The minimum absolute atomic E-state index is 0.170. The lowest BCUT2D eigenvalue weighted by atomic mass is 10.1. The summed E-state index contributed by atoms with van der Waals surface area (Å²) in [5.41, 5.74) is 1.55. The molecule has 0 amide bonds. The maximum absolute atomic E-state index is 5.42. The Balaban J connectivity index is 2.23. The van der Waals surface area contributed by atoms with E-state index < -0.39 is 0 Å². The fraction of sp³-hybridized carbons (Fsp3) is 0.500. The van der Waals surface area contributed by atoms with Gasteiger partial charge in [-0.15, -0.1) is 0 Å². The summed E-state index contributed by atoms with van der Waals surface area (Å²) in [5.74, 6) is 0. The van der Waals surface area contributed by atoms with E-state index in [1.165, 1.54) is 12.1 Å². The highest BCUT2D eigenvalue weighted by molar-refractivity contribution is 5.24. The smallest absolute Gasteiger partial charge is 0.133 e. The first-order chi connectivity index (χ1) is 4.91. The molecular weight excluding hydrogens is 126 g/mol. The van der Waals surface area contributed by atoms with Gasteiger partial charge in [0, 0.05) is 19.2 Å². The minimum atomic E-state index is 0.170. The number of nitrogens with zero attached hydrogens (tertiary/aromatic N) is 1. The van der Waals surface area contributed by atoms with Gasteiger partial charge in [-0.2, -0.15) is 0 Å². The molecule has 0 aromatic carbocycles. The molecule has 1 aromatic rings. The number of ether oxygens (including phenoxy) is 1. The van der Waals surface area contributed by atoms with Crippen molar-refractivity contribution in [3.63, 3.8) is 0 Å². The molecule has 2 aliphatic rings. The number of aromatic nitrogens is 1. The second-order valence-corrected chi connectivity index (χ2v) is 3.12. The van der Waals surface area contributed by atoms with Crippen LogP contribution in [0.3, 0.4) is 0 Å². The molecule has 52 valence electrons.